The standard InChI is InChI=1S/C57H94O6/c1-4-7-10-13-16-19-22-25-28-31-34-37-40-43-46-49-55(58)61-52-54(63-57(60)51-48-45-42-39-36-33-30-27-24-21-18-15-12-9-6-3)53-62-56(59)50-47-44-41-38-35-32-29-26-23-20-17-14-11-8-5-2/h7,9-10,12-13,15-16,18-19,21-22,24-25,28,31,34,54H,4-6,8,11,14,17,20,23,26-27,29-30,32-33,35-53H2,1-3H3/b10-7-,12-9-,16-13-,18-15-,22-19-,24-21-,28-25-,34-31-. The second-order valence-electron chi connectivity index (χ2n) is 16.9. The van der Waals surface area contributed by atoms with Gasteiger partial charge in [-0.25, -0.2) is 0 Å². The summed E-state index contributed by atoms with van der Waals surface area (Å²) in [6.07, 6.45) is 66.7. The van der Waals surface area contributed by atoms with Gasteiger partial charge in [0.25, 0.3) is 0 Å². The highest BCUT2D eigenvalue weighted by atomic mass is 16.6. The van der Waals surface area contributed by atoms with Crippen molar-refractivity contribution in [1.82, 2.24) is 0 Å². The average Bonchev–Trinajstić information content (AvgIpc) is 3.28. The van der Waals surface area contributed by atoms with Crippen LogP contribution in [0.3, 0.4) is 0 Å². The maximum Gasteiger partial charge on any atom is 0.306 e. The Kier molecular flexibility index (Phi) is 48.0. The van der Waals surface area contributed by atoms with Crippen LogP contribution in [0.15, 0.2) is 97.2 Å². The number of allylic oxidation sites excluding steroid dienone is 16. The predicted molar refractivity (Wildman–Crippen MR) is 270 cm³/mol. The first kappa shape index (κ1) is 59.3. The van der Waals surface area contributed by atoms with Crippen LogP contribution in [0, 0.1) is 0 Å². The van der Waals surface area contributed by atoms with Crippen LogP contribution >= 0.6 is 0 Å². The van der Waals surface area contributed by atoms with Crippen molar-refractivity contribution >= 4 is 17.9 Å². The Morgan fingerprint density at radius 3 is 0.984 bits per heavy atom. The lowest BCUT2D eigenvalue weighted by Gasteiger charge is -2.18. The molecule has 6 nitrogen and oxygen atoms in total. The molecule has 0 aromatic rings. The van der Waals surface area contributed by atoms with Crippen LogP contribution in [0.5, 0.6) is 0 Å². The van der Waals surface area contributed by atoms with E-state index in [-0.39, 0.29) is 31.1 Å². The quantitative estimate of drug-likeness (QED) is 0.0262. The molecule has 0 aliphatic rings. The molecular formula is C57H94O6. The van der Waals surface area contributed by atoms with Crippen LogP contribution in [-0.4, -0.2) is 37.2 Å². The highest BCUT2D eigenvalue weighted by Crippen LogP contribution is 2.15. The lowest BCUT2D eigenvalue weighted by atomic mass is 10.0. The summed E-state index contributed by atoms with van der Waals surface area (Å²) in [5.74, 6) is -0.952. The summed E-state index contributed by atoms with van der Waals surface area (Å²) in [6.45, 7) is 6.32. The summed E-state index contributed by atoms with van der Waals surface area (Å²) < 4.78 is 16.8. The molecule has 1 unspecified atom stereocenters. The Hall–Kier alpha value is -3.67. The van der Waals surface area contributed by atoms with E-state index < -0.39 is 6.10 Å². The van der Waals surface area contributed by atoms with E-state index in [0.717, 1.165) is 89.9 Å². The third-order valence-electron chi connectivity index (χ3n) is 10.8. The van der Waals surface area contributed by atoms with Crippen molar-refractivity contribution < 1.29 is 28.6 Å². The number of unbranched alkanes of at least 4 members (excludes halogenated alkanes) is 24. The number of rotatable bonds is 45. The van der Waals surface area contributed by atoms with Crippen molar-refractivity contribution in [2.75, 3.05) is 13.2 Å². The maximum atomic E-state index is 12.8. The molecule has 0 saturated carbocycles. The second kappa shape index (κ2) is 51.0. The first-order valence-electron chi connectivity index (χ1n) is 25.8. The molecule has 0 spiro atoms. The van der Waals surface area contributed by atoms with E-state index in [4.69, 9.17) is 14.2 Å². The van der Waals surface area contributed by atoms with Gasteiger partial charge in [0.05, 0.1) is 0 Å². The lowest BCUT2D eigenvalue weighted by Crippen LogP contribution is -2.30. The summed E-state index contributed by atoms with van der Waals surface area (Å²) in [4.78, 5) is 38.0. The zero-order chi connectivity index (χ0) is 45.8. The number of carbonyl (C=O) groups is 3. The molecule has 0 amide bonds. The molecule has 63 heavy (non-hydrogen) atoms. The van der Waals surface area contributed by atoms with Gasteiger partial charge in [0.1, 0.15) is 13.2 Å². The first-order chi connectivity index (χ1) is 31.0. The summed E-state index contributed by atoms with van der Waals surface area (Å²) >= 11 is 0. The SMILES string of the molecule is CC\C=C/C=C\C=C/C=C\C=C/CCCCCC(=O)OCC(COC(=O)CCCCCCCCCCCCCCCCC)OC(=O)CCCCCCCCC\C=C/C=C\C=C/CC. The van der Waals surface area contributed by atoms with Gasteiger partial charge < -0.3 is 14.2 Å². The molecule has 0 heterocycles. The van der Waals surface area contributed by atoms with Crippen molar-refractivity contribution in [3.8, 4) is 0 Å². The van der Waals surface area contributed by atoms with E-state index in [0.29, 0.717) is 19.3 Å². The largest absolute Gasteiger partial charge is 0.462 e. The van der Waals surface area contributed by atoms with Crippen molar-refractivity contribution in [3.05, 3.63) is 97.2 Å². The first-order valence-corrected chi connectivity index (χ1v) is 25.8. The van der Waals surface area contributed by atoms with Crippen LogP contribution in [-0.2, 0) is 28.6 Å². The topological polar surface area (TPSA) is 78.9 Å². The summed E-state index contributed by atoms with van der Waals surface area (Å²) in [5.41, 5.74) is 0. The highest BCUT2D eigenvalue weighted by Gasteiger charge is 2.19. The van der Waals surface area contributed by atoms with E-state index in [1.807, 2.05) is 48.6 Å². The molecule has 0 aliphatic heterocycles. The molecule has 0 N–H and O–H groups in total. The van der Waals surface area contributed by atoms with E-state index in [9.17, 15) is 14.4 Å². The van der Waals surface area contributed by atoms with E-state index in [2.05, 4.69) is 69.4 Å². The fourth-order valence-corrected chi connectivity index (χ4v) is 6.93. The van der Waals surface area contributed by atoms with Gasteiger partial charge >= 0.3 is 17.9 Å². The molecule has 1 atom stereocenters. The number of carbonyl (C=O) groups excluding carboxylic acids is 3. The van der Waals surface area contributed by atoms with Gasteiger partial charge in [-0.15, -0.1) is 0 Å². The Labute approximate surface area is 387 Å². The summed E-state index contributed by atoms with van der Waals surface area (Å²) in [7, 11) is 0. The third-order valence-corrected chi connectivity index (χ3v) is 10.8. The van der Waals surface area contributed by atoms with Gasteiger partial charge in [0.2, 0.25) is 0 Å². The van der Waals surface area contributed by atoms with Crippen molar-refractivity contribution in [2.45, 2.75) is 232 Å². The van der Waals surface area contributed by atoms with Crippen molar-refractivity contribution in [1.29, 1.82) is 0 Å². The van der Waals surface area contributed by atoms with Gasteiger partial charge in [-0.1, -0.05) is 246 Å². The minimum Gasteiger partial charge on any atom is -0.462 e. The molecule has 0 aliphatic carbocycles. The van der Waals surface area contributed by atoms with Crippen LogP contribution < -0.4 is 0 Å². The Morgan fingerprint density at radius 1 is 0.333 bits per heavy atom. The Balaban J connectivity index is 4.48. The second-order valence-corrected chi connectivity index (χ2v) is 16.9. The zero-order valence-corrected chi connectivity index (χ0v) is 40.8. The molecule has 6 heteroatoms. The fourth-order valence-electron chi connectivity index (χ4n) is 6.93. The van der Waals surface area contributed by atoms with Gasteiger partial charge in [-0.05, 0) is 57.8 Å². The van der Waals surface area contributed by atoms with Crippen molar-refractivity contribution in [3.63, 3.8) is 0 Å². The molecule has 358 valence electrons. The number of hydrogen-bond donors (Lipinski definition) is 0. The molecule has 0 aromatic heterocycles. The van der Waals surface area contributed by atoms with Gasteiger partial charge in [-0.2, -0.15) is 0 Å². The van der Waals surface area contributed by atoms with E-state index in [1.165, 1.54) is 96.3 Å². The van der Waals surface area contributed by atoms with Crippen molar-refractivity contribution in [2.24, 2.45) is 0 Å². The minimum absolute atomic E-state index is 0.0957. The smallest absolute Gasteiger partial charge is 0.306 e. The maximum absolute atomic E-state index is 12.8. The Bertz CT molecular complexity index is 1280. The number of esters is 3. The predicted octanol–water partition coefficient (Wildman–Crippen LogP) is 17.0. The number of ether oxygens (including phenoxy) is 3. The molecule has 0 saturated heterocycles. The van der Waals surface area contributed by atoms with Gasteiger partial charge in [0.15, 0.2) is 6.10 Å². The fraction of sp³-hybridized carbons (Fsp3) is 0.667. The molecule has 0 radical (unpaired) electrons. The van der Waals surface area contributed by atoms with Crippen LogP contribution in [0.2, 0.25) is 0 Å². The summed E-state index contributed by atoms with van der Waals surface area (Å²) in [5, 5.41) is 0. The minimum atomic E-state index is -0.800. The number of hydrogen-bond acceptors (Lipinski definition) is 6. The Morgan fingerprint density at radius 2 is 0.619 bits per heavy atom. The normalized spacial score (nSPS) is 12.9. The molecule has 0 fully saturated rings. The van der Waals surface area contributed by atoms with E-state index in [1.54, 1.807) is 0 Å². The molecule has 0 bridgehead atoms. The van der Waals surface area contributed by atoms with E-state index >= 15 is 0 Å². The van der Waals surface area contributed by atoms with Gasteiger partial charge in [-0.3, -0.25) is 14.4 Å². The van der Waals surface area contributed by atoms with Crippen LogP contribution in [0.25, 0.3) is 0 Å². The zero-order valence-electron chi connectivity index (χ0n) is 40.8. The monoisotopic (exact) mass is 875 g/mol. The van der Waals surface area contributed by atoms with Crippen LogP contribution in [0.4, 0.5) is 0 Å². The molecule has 0 aromatic carbocycles. The third kappa shape index (κ3) is 49.2. The lowest BCUT2D eigenvalue weighted by molar-refractivity contribution is -0.167. The molecular weight excluding hydrogens is 781 g/mol. The molecule has 0 rings (SSSR count). The average molecular weight is 875 g/mol. The van der Waals surface area contributed by atoms with Crippen LogP contribution in [0.1, 0.15) is 226 Å². The summed E-state index contributed by atoms with van der Waals surface area (Å²) in [6, 6.07) is 0. The van der Waals surface area contributed by atoms with Gasteiger partial charge in [0, 0.05) is 19.3 Å². The highest BCUT2D eigenvalue weighted by molar-refractivity contribution is 5.71.